The molecule has 4 nitrogen and oxygen atoms in total. The molecule has 0 bridgehead atoms. The summed E-state index contributed by atoms with van der Waals surface area (Å²) in [6, 6.07) is 18.9. The van der Waals surface area contributed by atoms with Gasteiger partial charge < -0.3 is 5.32 Å². The van der Waals surface area contributed by atoms with Crippen molar-refractivity contribution in [2.45, 2.75) is 19.5 Å². The van der Waals surface area contributed by atoms with Gasteiger partial charge in [0.1, 0.15) is 11.9 Å². The minimum Gasteiger partial charge on any atom is -0.309 e. The first kappa shape index (κ1) is 22.3. The Morgan fingerprint density at radius 3 is 2.37 bits per heavy atom. The predicted octanol–water partition coefficient (Wildman–Crippen LogP) is 5.93. The molecule has 3 aromatic carbocycles. The van der Waals surface area contributed by atoms with Gasteiger partial charge in [-0.3, -0.25) is 15.5 Å². The van der Waals surface area contributed by atoms with Crippen molar-refractivity contribution < 1.29 is 4.79 Å². The first-order chi connectivity index (χ1) is 14.4. The molecule has 1 amide bonds. The Kier molecular flexibility index (Phi) is 7.51. The van der Waals surface area contributed by atoms with Gasteiger partial charge in [0.25, 0.3) is 0 Å². The SMILES string of the molecule is Cc1c(Cl)cccc1CNC(C(=O)NC(=N)c1ccccc1)c1ccc(Cl)c(Cl)c1. The van der Waals surface area contributed by atoms with Gasteiger partial charge in [0.15, 0.2) is 0 Å². The Bertz CT molecular complexity index is 1070. The topological polar surface area (TPSA) is 65.0 Å². The molecule has 0 radical (unpaired) electrons. The molecule has 0 aliphatic rings. The fourth-order valence-corrected chi connectivity index (χ4v) is 3.48. The molecule has 3 rings (SSSR count). The number of nitrogens with one attached hydrogen (secondary N) is 3. The molecular weight excluding hydrogens is 441 g/mol. The van der Waals surface area contributed by atoms with Crippen LogP contribution in [0.15, 0.2) is 66.7 Å². The van der Waals surface area contributed by atoms with E-state index < -0.39 is 6.04 Å². The molecule has 0 aliphatic heterocycles. The summed E-state index contributed by atoms with van der Waals surface area (Å²) in [5.41, 5.74) is 3.17. The van der Waals surface area contributed by atoms with E-state index in [1.54, 1.807) is 30.3 Å². The Balaban J connectivity index is 1.84. The van der Waals surface area contributed by atoms with Crippen molar-refractivity contribution >= 4 is 46.5 Å². The van der Waals surface area contributed by atoms with Crippen LogP contribution in [0.5, 0.6) is 0 Å². The van der Waals surface area contributed by atoms with E-state index in [9.17, 15) is 4.79 Å². The van der Waals surface area contributed by atoms with E-state index in [2.05, 4.69) is 10.6 Å². The lowest BCUT2D eigenvalue weighted by Crippen LogP contribution is -2.40. The van der Waals surface area contributed by atoms with Gasteiger partial charge in [-0.2, -0.15) is 0 Å². The second-order valence-corrected chi connectivity index (χ2v) is 7.96. The second-order valence-electron chi connectivity index (χ2n) is 6.74. The molecule has 1 unspecified atom stereocenters. The molecule has 3 N–H and O–H groups in total. The van der Waals surface area contributed by atoms with Gasteiger partial charge in [0, 0.05) is 17.1 Å². The van der Waals surface area contributed by atoms with Gasteiger partial charge >= 0.3 is 0 Å². The molecule has 7 heteroatoms. The lowest BCUT2D eigenvalue weighted by atomic mass is 10.0. The van der Waals surface area contributed by atoms with Crippen LogP contribution in [0.1, 0.15) is 28.3 Å². The maximum absolute atomic E-state index is 13.1. The molecule has 0 heterocycles. The van der Waals surface area contributed by atoms with Crippen molar-refractivity contribution in [3.63, 3.8) is 0 Å². The van der Waals surface area contributed by atoms with Crippen molar-refractivity contribution in [3.05, 3.63) is 104 Å². The van der Waals surface area contributed by atoms with Crippen LogP contribution in [0.2, 0.25) is 15.1 Å². The van der Waals surface area contributed by atoms with Gasteiger partial charge in [-0.15, -0.1) is 0 Å². The number of hydrogen-bond donors (Lipinski definition) is 3. The van der Waals surface area contributed by atoms with E-state index in [0.29, 0.717) is 32.7 Å². The van der Waals surface area contributed by atoms with Crippen molar-refractivity contribution in [1.82, 2.24) is 10.6 Å². The zero-order chi connectivity index (χ0) is 21.7. The van der Waals surface area contributed by atoms with Gasteiger partial charge in [0.2, 0.25) is 5.91 Å². The zero-order valence-corrected chi connectivity index (χ0v) is 18.4. The highest BCUT2D eigenvalue weighted by Crippen LogP contribution is 2.27. The van der Waals surface area contributed by atoms with Crippen LogP contribution in [-0.2, 0) is 11.3 Å². The lowest BCUT2D eigenvalue weighted by Gasteiger charge is -2.20. The maximum Gasteiger partial charge on any atom is 0.247 e. The third-order valence-corrected chi connectivity index (χ3v) is 5.87. The average molecular weight is 461 g/mol. The number of halogens is 3. The summed E-state index contributed by atoms with van der Waals surface area (Å²) in [5, 5.41) is 15.6. The molecule has 0 aromatic heterocycles. The highest BCUT2D eigenvalue weighted by Gasteiger charge is 2.23. The standard InChI is InChI=1S/C23H20Cl3N3O/c1-14-17(8-5-9-18(14)24)13-28-21(16-10-11-19(25)20(26)12-16)23(30)29-22(27)15-6-3-2-4-7-15/h2-12,21,28H,13H2,1H3,(H2,27,29,30). The van der Waals surface area contributed by atoms with Crippen LogP contribution in [0, 0.1) is 12.3 Å². The van der Waals surface area contributed by atoms with Crippen LogP contribution in [-0.4, -0.2) is 11.7 Å². The molecular formula is C23H20Cl3N3O. The summed E-state index contributed by atoms with van der Waals surface area (Å²) in [7, 11) is 0. The molecule has 0 aliphatic carbocycles. The highest BCUT2D eigenvalue weighted by atomic mass is 35.5. The van der Waals surface area contributed by atoms with E-state index in [4.69, 9.17) is 40.2 Å². The van der Waals surface area contributed by atoms with Gasteiger partial charge in [-0.05, 0) is 41.8 Å². The number of carbonyl (C=O) groups excluding carboxylic acids is 1. The largest absolute Gasteiger partial charge is 0.309 e. The van der Waals surface area contributed by atoms with E-state index in [-0.39, 0.29) is 11.7 Å². The van der Waals surface area contributed by atoms with Crippen LogP contribution in [0.4, 0.5) is 0 Å². The third kappa shape index (κ3) is 5.41. The van der Waals surface area contributed by atoms with Gasteiger partial charge in [-0.1, -0.05) is 83.3 Å². The number of carbonyl (C=O) groups is 1. The van der Waals surface area contributed by atoms with Crippen molar-refractivity contribution in [2.24, 2.45) is 0 Å². The molecule has 0 saturated carbocycles. The minimum atomic E-state index is -0.748. The first-order valence-electron chi connectivity index (χ1n) is 9.24. The summed E-state index contributed by atoms with van der Waals surface area (Å²) in [6.45, 7) is 2.34. The Morgan fingerprint density at radius 2 is 1.67 bits per heavy atom. The fraction of sp³-hybridized carbons (Fsp3) is 0.130. The van der Waals surface area contributed by atoms with Gasteiger partial charge in [-0.25, -0.2) is 0 Å². The predicted molar refractivity (Wildman–Crippen MR) is 124 cm³/mol. The van der Waals surface area contributed by atoms with Crippen molar-refractivity contribution in [1.29, 1.82) is 5.41 Å². The summed E-state index contributed by atoms with van der Waals surface area (Å²) < 4.78 is 0. The summed E-state index contributed by atoms with van der Waals surface area (Å²) in [6.07, 6.45) is 0. The molecule has 154 valence electrons. The number of amides is 1. The lowest BCUT2D eigenvalue weighted by molar-refractivity contribution is -0.121. The van der Waals surface area contributed by atoms with Crippen LogP contribution in [0.25, 0.3) is 0 Å². The molecule has 0 fully saturated rings. The Hall–Kier alpha value is -2.37. The summed E-state index contributed by atoms with van der Waals surface area (Å²) in [4.78, 5) is 13.1. The number of hydrogen-bond acceptors (Lipinski definition) is 3. The third-order valence-electron chi connectivity index (χ3n) is 4.73. The maximum atomic E-state index is 13.1. The molecule has 3 aromatic rings. The van der Waals surface area contributed by atoms with E-state index in [1.165, 1.54) is 0 Å². The zero-order valence-electron chi connectivity index (χ0n) is 16.2. The van der Waals surface area contributed by atoms with E-state index in [0.717, 1.165) is 11.1 Å². The monoisotopic (exact) mass is 459 g/mol. The van der Waals surface area contributed by atoms with Crippen LogP contribution in [0.3, 0.4) is 0 Å². The quantitative estimate of drug-likeness (QED) is 0.315. The minimum absolute atomic E-state index is 0.0198. The molecule has 0 spiro atoms. The number of amidine groups is 1. The van der Waals surface area contributed by atoms with Gasteiger partial charge in [0.05, 0.1) is 10.0 Å². The summed E-state index contributed by atoms with van der Waals surface area (Å²) >= 11 is 18.4. The van der Waals surface area contributed by atoms with Crippen LogP contribution < -0.4 is 10.6 Å². The molecule has 0 saturated heterocycles. The van der Waals surface area contributed by atoms with Crippen molar-refractivity contribution in [2.75, 3.05) is 0 Å². The first-order valence-corrected chi connectivity index (χ1v) is 10.4. The smallest absolute Gasteiger partial charge is 0.247 e. The van der Waals surface area contributed by atoms with E-state index in [1.807, 2.05) is 43.3 Å². The van der Waals surface area contributed by atoms with Crippen molar-refractivity contribution in [3.8, 4) is 0 Å². The fourth-order valence-electron chi connectivity index (χ4n) is 2.98. The molecule has 1 atom stereocenters. The molecule has 30 heavy (non-hydrogen) atoms. The highest BCUT2D eigenvalue weighted by molar-refractivity contribution is 6.42. The number of benzene rings is 3. The average Bonchev–Trinajstić information content (AvgIpc) is 2.74. The summed E-state index contributed by atoms with van der Waals surface area (Å²) in [5.74, 6) is -0.353. The number of rotatable bonds is 6. The van der Waals surface area contributed by atoms with E-state index >= 15 is 0 Å². The Labute approximate surface area is 190 Å². The Morgan fingerprint density at radius 1 is 0.933 bits per heavy atom. The normalized spacial score (nSPS) is 11.7. The second kappa shape index (κ2) is 10.1. The van der Waals surface area contributed by atoms with Crippen LogP contribution >= 0.6 is 34.8 Å².